The van der Waals surface area contributed by atoms with Gasteiger partial charge < -0.3 is 10.1 Å². The van der Waals surface area contributed by atoms with Crippen molar-refractivity contribution in [2.45, 2.75) is 45.6 Å². The van der Waals surface area contributed by atoms with Crippen LogP contribution in [-0.2, 0) is 14.3 Å². The van der Waals surface area contributed by atoms with E-state index in [1.807, 2.05) is 0 Å². The first-order valence-electron chi connectivity index (χ1n) is 5.51. The summed E-state index contributed by atoms with van der Waals surface area (Å²) in [5.74, 6) is 0.0309. The van der Waals surface area contributed by atoms with Crippen molar-refractivity contribution in [3.8, 4) is 0 Å². The molecule has 1 aliphatic carbocycles. The van der Waals surface area contributed by atoms with Crippen molar-refractivity contribution in [2.24, 2.45) is 5.92 Å². The summed E-state index contributed by atoms with van der Waals surface area (Å²) in [4.78, 5) is 21.7. The Morgan fingerprint density at radius 2 is 1.93 bits per heavy atom. The zero-order chi connectivity index (χ0) is 11.3. The molecule has 1 fully saturated rings. The minimum absolute atomic E-state index is 0.0110. The van der Waals surface area contributed by atoms with Gasteiger partial charge in [0, 0.05) is 26.3 Å². The molecule has 0 heterocycles. The number of hydrogen-bond acceptors (Lipinski definition) is 3. The van der Waals surface area contributed by atoms with Crippen LogP contribution in [0, 0.1) is 5.92 Å². The van der Waals surface area contributed by atoms with Gasteiger partial charge in [-0.15, -0.1) is 0 Å². The number of hydrogen-bond donors (Lipinski definition) is 1. The Morgan fingerprint density at radius 3 is 2.53 bits per heavy atom. The quantitative estimate of drug-likeness (QED) is 0.718. The van der Waals surface area contributed by atoms with Crippen LogP contribution < -0.4 is 5.32 Å². The molecule has 15 heavy (non-hydrogen) atoms. The largest absolute Gasteiger partial charge is 0.462 e. The van der Waals surface area contributed by atoms with Crippen LogP contribution in [0.2, 0.25) is 0 Å². The summed E-state index contributed by atoms with van der Waals surface area (Å²) in [7, 11) is 0. The van der Waals surface area contributed by atoms with E-state index in [4.69, 9.17) is 4.74 Å². The summed E-state index contributed by atoms with van der Waals surface area (Å²) in [6.45, 7) is 3.56. The van der Waals surface area contributed by atoms with Gasteiger partial charge >= 0.3 is 5.97 Å². The van der Waals surface area contributed by atoms with Gasteiger partial charge in [-0.1, -0.05) is 6.42 Å². The van der Waals surface area contributed by atoms with Crippen molar-refractivity contribution in [3.63, 3.8) is 0 Å². The summed E-state index contributed by atoms with van der Waals surface area (Å²) < 4.78 is 5.25. The Labute approximate surface area is 90.4 Å². The molecule has 4 nitrogen and oxygen atoms in total. The molecule has 0 aromatic rings. The molecule has 1 N–H and O–H groups in total. The Kier molecular flexibility index (Phi) is 4.59. The maximum Gasteiger partial charge on any atom is 0.302 e. The van der Waals surface area contributed by atoms with Gasteiger partial charge in [-0.25, -0.2) is 0 Å². The van der Waals surface area contributed by atoms with Gasteiger partial charge in [-0.2, -0.15) is 0 Å². The average Bonchev–Trinajstić information content (AvgIpc) is 2.15. The molecule has 0 aliphatic heterocycles. The Balaban J connectivity index is 2.42. The van der Waals surface area contributed by atoms with Crippen molar-refractivity contribution in [2.75, 3.05) is 6.54 Å². The van der Waals surface area contributed by atoms with E-state index in [2.05, 4.69) is 5.32 Å². The van der Waals surface area contributed by atoms with Crippen molar-refractivity contribution >= 4 is 11.9 Å². The monoisotopic (exact) mass is 213 g/mol. The van der Waals surface area contributed by atoms with E-state index >= 15 is 0 Å². The van der Waals surface area contributed by atoms with E-state index in [1.165, 1.54) is 13.8 Å². The molecule has 1 rings (SSSR count). The van der Waals surface area contributed by atoms with Gasteiger partial charge in [-0.3, -0.25) is 9.59 Å². The van der Waals surface area contributed by atoms with Crippen molar-refractivity contribution in [1.29, 1.82) is 0 Å². The van der Waals surface area contributed by atoms with Crippen LogP contribution in [0.15, 0.2) is 0 Å². The van der Waals surface area contributed by atoms with E-state index in [1.54, 1.807) is 0 Å². The van der Waals surface area contributed by atoms with Crippen LogP contribution >= 0.6 is 0 Å². The van der Waals surface area contributed by atoms with Crippen molar-refractivity contribution in [3.05, 3.63) is 0 Å². The second-order valence-electron chi connectivity index (χ2n) is 4.13. The molecule has 4 heteroatoms. The SMILES string of the molecule is CC(=O)NC[C@@H]1CCCC[C@@H]1OC(C)=O. The van der Waals surface area contributed by atoms with Crippen LogP contribution in [0.1, 0.15) is 39.5 Å². The number of carbonyl (C=O) groups excluding carboxylic acids is 2. The third kappa shape index (κ3) is 4.32. The molecule has 2 atom stereocenters. The second kappa shape index (κ2) is 5.73. The summed E-state index contributed by atoms with van der Waals surface area (Å²) in [5.41, 5.74) is 0. The van der Waals surface area contributed by atoms with Crippen LogP contribution in [0.3, 0.4) is 0 Å². The third-order valence-corrected chi connectivity index (χ3v) is 2.77. The van der Waals surface area contributed by atoms with E-state index in [9.17, 15) is 9.59 Å². The molecule has 1 saturated carbocycles. The Bertz CT molecular complexity index is 240. The minimum Gasteiger partial charge on any atom is -0.462 e. The topological polar surface area (TPSA) is 55.4 Å². The molecule has 0 radical (unpaired) electrons. The molecule has 0 aromatic heterocycles. The summed E-state index contributed by atoms with van der Waals surface area (Å²) in [5, 5.41) is 2.79. The number of carbonyl (C=O) groups is 2. The zero-order valence-electron chi connectivity index (χ0n) is 9.41. The predicted octanol–water partition coefficient (Wildman–Crippen LogP) is 1.24. The fraction of sp³-hybridized carbons (Fsp3) is 0.818. The van der Waals surface area contributed by atoms with Crippen molar-refractivity contribution in [1.82, 2.24) is 5.32 Å². The van der Waals surface area contributed by atoms with E-state index in [-0.39, 0.29) is 23.9 Å². The van der Waals surface area contributed by atoms with Crippen LogP contribution in [0.4, 0.5) is 0 Å². The minimum atomic E-state index is -0.227. The molecule has 0 aromatic carbocycles. The number of ether oxygens (including phenoxy) is 1. The lowest BCUT2D eigenvalue weighted by Gasteiger charge is -2.30. The highest BCUT2D eigenvalue weighted by molar-refractivity contribution is 5.72. The van der Waals surface area contributed by atoms with Gasteiger partial charge in [0.2, 0.25) is 5.91 Å². The number of nitrogens with one attached hydrogen (secondary N) is 1. The molecule has 86 valence electrons. The smallest absolute Gasteiger partial charge is 0.302 e. The first-order chi connectivity index (χ1) is 7.09. The maximum atomic E-state index is 10.9. The molecule has 0 saturated heterocycles. The second-order valence-corrected chi connectivity index (χ2v) is 4.13. The van der Waals surface area contributed by atoms with Crippen LogP contribution in [-0.4, -0.2) is 24.5 Å². The number of rotatable bonds is 3. The van der Waals surface area contributed by atoms with Gasteiger partial charge in [0.05, 0.1) is 0 Å². The predicted molar refractivity (Wildman–Crippen MR) is 56.2 cm³/mol. The summed E-state index contributed by atoms with van der Waals surface area (Å²) >= 11 is 0. The lowest BCUT2D eigenvalue weighted by molar-refractivity contribution is -0.150. The third-order valence-electron chi connectivity index (χ3n) is 2.77. The molecule has 1 aliphatic rings. The average molecular weight is 213 g/mol. The molecular formula is C11H19NO3. The molecule has 1 amide bonds. The van der Waals surface area contributed by atoms with Gasteiger partial charge in [0.25, 0.3) is 0 Å². The molecule has 0 unspecified atom stereocenters. The molecular weight excluding hydrogens is 194 g/mol. The fourth-order valence-electron chi connectivity index (χ4n) is 2.05. The summed E-state index contributed by atoms with van der Waals surface area (Å²) in [6, 6.07) is 0. The highest BCUT2D eigenvalue weighted by Crippen LogP contribution is 2.26. The maximum absolute atomic E-state index is 10.9. The fourth-order valence-corrected chi connectivity index (χ4v) is 2.05. The van der Waals surface area contributed by atoms with E-state index in [0.29, 0.717) is 6.54 Å². The number of esters is 1. The van der Waals surface area contributed by atoms with Crippen molar-refractivity contribution < 1.29 is 14.3 Å². The van der Waals surface area contributed by atoms with E-state index < -0.39 is 0 Å². The van der Waals surface area contributed by atoms with Crippen LogP contribution in [0.25, 0.3) is 0 Å². The standard InChI is InChI=1S/C11H19NO3/c1-8(13)12-7-10-5-3-4-6-11(10)15-9(2)14/h10-11H,3-7H2,1-2H3,(H,12,13)/t10-,11-/m0/s1. The Morgan fingerprint density at radius 1 is 1.27 bits per heavy atom. The first kappa shape index (κ1) is 12.0. The normalized spacial score (nSPS) is 25.7. The molecule has 0 spiro atoms. The highest BCUT2D eigenvalue weighted by atomic mass is 16.5. The van der Waals surface area contributed by atoms with Gasteiger partial charge in [-0.05, 0) is 19.3 Å². The Hall–Kier alpha value is -1.06. The highest BCUT2D eigenvalue weighted by Gasteiger charge is 2.27. The lowest BCUT2D eigenvalue weighted by Crippen LogP contribution is -2.38. The summed E-state index contributed by atoms with van der Waals surface area (Å²) in [6.07, 6.45) is 4.20. The zero-order valence-corrected chi connectivity index (χ0v) is 9.41. The van der Waals surface area contributed by atoms with Crippen LogP contribution in [0.5, 0.6) is 0 Å². The first-order valence-corrected chi connectivity index (χ1v) is 5.51. The molecule has 0 bridgehead atoms. The van der Waals surface area contributed by atoms with Gasteiger partial charge in [0.1, 0.15) is 6.10 Å². The van der Waals surface area contributed by atoms with E-state index in [0.717, 1.165) is 25.7 Å². The number of amides is 1. The van der Waals surface area contributed by atoms with Gasteiger partial charge in [0.15, 0.2) is 0 Å². The lowest BCUT2D eigenvalue weighted by atomic mass is 9.86.